The Hall–Kier alpha value is -1.97. The second-order valence-corrected chi connectivity index (χ2v) is 7.24. The van der Waals surface area contributed by atoms with Crippen LogP contribution >= 0.6 is 0 Å². The van der Waals surface area contributed by atoms with Crippen molar-refractivity contribution in [3.63, 3.8) is 0 Å². The number of rotatable bonds is 3. The number of hydrogen-bond acceptors (Lipinski definition) is 4. The Balaban J connectivity index is 2.51. The van der Waals surface area contributed by atoms with Crippen molar-refractivity contribution in [3.8, 4) is 0 Å². The number of hydrogen-bond donors (Lipinski definition) is 0. The predicted molar refractivity (Wildman–Crippen MR) is 87.0 cm³/mol. The maximum absolute atomic E-state index is 12.9. The molecule has 0 radical (unpaired) electrons. The van der Waals surface area contributed by atoms with Gasteiger partial charge in [-0.1, -0.05) is 30.3 Å². The Morgan fingerprint density at radius 3 is 2.30 bits per heavy atom. The highest BCUT2D eigenvalue weighted by Gasteiger charge is 2.55. The van der Waals surface area contributed by atoms with Crippen LogP contribution in [0.5, 0.6) is 0 Å². The molecule has 1 aromatic carbocycles. The van der Waals surface area contributed by atoms with Crippen molar-refractivity contribution in [2.24, 2.45) is 5.41 Å². The largest absolute Gasteiger partial charge is 0.459 e. The molecule has 2 atom stereocenters. The first-order valence-corrected chi connectivity index (χ1v) is 7.98. The van der Waals surface area contributed by atoms with Gasteiger partial charge in [0, 0.05) is 18.8 Å². The van der Waals surface area contributed by atoms with Gasteiger partial charge in [0.2, 0.25) is 0 Å². The molecule has 1 fully saturated rings. The van der Waals surface area contributed by atoms with Gasteiger partial charge in [-0.05, 0) is 39.7 Å². The lowest BCUT2D eigenvalue weighted by atomic mass is 9.61. The van der Waals surface area contributed by atoms with Crippen LogP contribution in [0.1, 0.15) is 58.4 Å². The van der Waals surface area contributed by atoms with E-state index in [-0.39, 0.29) is 30.8 Å². The molecule has 0 spiro atoms. The maximum atomic E-state index is 12.9. The number of carbonyl (C=O) groups is 3. The molecular weight excluding hydrogens is 292 g/mol. The second-order valence-electron chi connectivity index (χ2n) is 7.24. The van der Waals surface area contributed by atoms with E-state index in [1.165, 1.54) is 6.92 Å². The summed E-state index contributed by atoms with van der Waals surface area (Å²) < 4.78 is 5.56. The summed E-state index contributed by atoms with van der Waals surface area (Å²) in [6.07, 6.45) is 0.653. The molecule has 4 nitrogen and oxygen atoms in total. The van der Waals surface area contributed by atoms with Crippen LogP contribution in [0.15, 0.2) is 30.3 Å². The lowest BCUT2D eigenvalue weighted by Gasteiger charge is -2.41. The molecule has 23 heavy (non-hydrogen) atoms. The van der Waals surface area contributed by atoms with Gasteiger partial charge in [0.05, 0.1) is 0 Å². The quantitative estimate of drug-likeness (QED) is 0.633. The van der Waals surface area contributed by atoms with E-state index in [9.17, 15) is 14.4 Å². The Labute approximate surface area is 137 Å². The van der Waals surface area contributed by atoms with E-state index in [2.05, 4.69) is 0 Å². The average molecular weight is 316 g/mol. The highest BCUT2D eigenvalue weighted by atomic mass is 16.6. The highest BCUT2D eigenvalue weighted by molar-refractivity contribution is 6.06. The number of ketones is 2. The number of esters is 1. The third-order valence-electron chi connectivity index (χ3n) is 4.42. The van der Waals surface area contributed by atoms with Crippen LogP contribution in [0.25, 0.3) is 0 Å². The van der Waals surface area contributed by atoms with Crippen LogP contribution in [-0.4, -0.2) is 23.1 Å². The van der Waals surface area contributed by atoms with E-state index in [0.717, 1.165) is 5.56 Å². The smallest absolute Gasteiger partial charge is 0.320 e. The molecule has 1 aliphatic rings. The van der Waals surface area contributed by atoms with Crippen molar-refractivity contribution in [2.75, 3.05) is 0 Å². The number of benzene rings is 1. The van der Waals surface area contributed by atoms with E-state index < -0.39 is 22.9 Å². The first-order valence-electron chi connectivity index (χ1n) is 7.98. The summed E-state index contributed by atoms with van der Waals surface area (Å²) in [7, 11) is 0. The monoisotopic (exact) mass is 316 g/mol. The maximum Gasteiger partial charge on any atom is 0.320 e. The standard InChI is InChI=1S/C19H24O4/c1-13(20)19(17(22)23-18(2,3)4)11-10-15(21)12-16(19)14-8-6-5-7-9-14/h5-9,16H,10-12H2,1-4H3/t16-,19+/m1/s1. The highest BCUT2D eigenvalue weighted by Crippen LogP contribution is 2.48. The first-order chi connectivity index (χ1) is 10.7. The number of ether oxygens (including phenoxy) is 1. The molecule has 0 amide bonds. The minimum absolute atomic E-state index is 0.0827. The molecular formula is C19H24O4. The van der Waals surface area contributed by atoms with Gasteiger partial charge in [-0.15, -0.1) is 0 Å². The van der Waals surface area contributed by atoms with E-state index in [1.54, 1.807) is 20.8 Å². The lowest BCUT2D eigenvalue weighted by Crippen LogP contribution is -2.49. The first kappa shape index (κ1) is 17.4. The molecule has 0 N–H and O–H groups in total. The van der Waals surface area contributed by atoms with Crippen LogP contribution in [0.4, 0.5) is 0 Å². The molecule has 2 rings (SSSR count). The molecule has 0 aromatic heterocycles. The summed E-state index contributed by atoms with van der Waals surface area (Å²) in [5.74, 6) is -1.12. The Morgan fingerprint density at radius 1 is 1.17 bits per heavy atom. The third-order valence-corrected chi connectivity index (χ3v) is 4.42. The Kier molecular flexibility index (Phi) is 4.73. The van der Waals surface area contributed by atoms with Gasteiger partial charge in [0.1, 0.15) is 22.6 Å². The molecule has 1 aliphatic carbocycles. The van der Waals surface area contributed by atoms with Crippen LogP contribution in [-0.2, 0) is 19.1 Å². The molecule has 0 unspecified atom stereocenters. The summed E-state index contributed by atoms with van der Waals surface area (Å²) in [6, 6.07) is 9.32. The average Bonchev–Trinajstić information content (AvgIpc) is 2.46. The van der Waals surface area contributed by atoms with Gasteiger partial charge in [-0.2, -0.15) is 0 Å². The van der Waals surface area contributed by atoms with Gasteiger partial charge in [-0.25, -0.2) is 0 Å². The third kappa shape index (κ3) is 3.52. The van der Waals surface area contributed by atoms with Crippen molar-refractivity contribution in [3.05, 3.63) is 35.9 Å². The molecule has 1 saturated carbocycles. The molecule has 1 aromatic rings. The molecule has 124 valence electrons. The Bertz CT molecular complexity index is 612. The van der Waals surface area contributed by atoms with Crippen molar-refractivity contribution in [2.45, 2.75) is 58.5 Å². The van der Waals surface area contributed by atoms with E-state index in [1.807, 2.05) is 30.3 Å². The zero-order valence-electron chi connectivity index (χ0n) is 14.2. The minimum atomic E-state index is -1.28. The summed E-state index contributed by atoms with van der Waals surface area (Å²) in [5, 5.41) is 0. The summed E-state index contributed by atoms with van der Waals surface area (Å²) in [6.45, 7) is 6.77. The summed E-state index contributed by atoms with van der Waals surface area (Å²) >= 11 is 0. The van der Waals surface area contributed by atoms with Crippen molar-refractivity contribution in [1.82, 2.24) is 0 Å². The zero-order chi connectivity index (χ0) is 17.3. The topological polar surface area (TPSA) is 60.4 Å². The van der Waals surface area contributed by atoms with Crippen LogP contribution < -0.4 is 0 Å². The number of Topliss-reactive ketones (excluding diaryl/α,β-unsaturated/α-hetero) is 2. The number of carbonyl (C=O) groups excluding carboxylic acids is 3. The van der Waals surface area contributed by atoms with E-state index >= 15 is 0 Å². The molecule has 0 bridgehead atoms. The fraction of sp³-hybridized carbons (Fsp3) is 0.526. The SMILES string of the molecule is CC(=O)[C@@]1(C(=O)OC(C)(C)C)CCC(=O)C[C@@H]1c1ccccc1. The van der Waals surface area contributed by atoms with Crippen molar-refractivity contribution in [1.29, 1.82) is 0 Å². The fourth-order valence-electron chi connectivity index (χ4n) is 3.28. The van der Waals surface area contributed by atoms with Gasteiger partial charge < -0.3 is 4.74 Å². The zero-order valence-corrected chi connectivity index (χ0v) is 14.2. The molecule has 0 aliphatic heterocycles. The van der Waals surface area contributed by atoms with Gasteiger partial charge >= 0.3 is 5.97 Å². The van der Waals surface area contributed by atoms with Crippen LogP contribution in [0.2, 0.25) is 0 Å². The van der Waals surface area contributed by atoms with Gasteiger partial charge in [0.25, 0.3) is 0 Å². The molecule has 0 saturated heterocycles. The predicted octanol–water partition coefficient (Wildman–Crippen LogP) is 3.44. The fourth-order valence-corrected chi connectivity index (χ4v) is 3.28. The van der Waals surface area contributed by atoms with Gasteiger partial charge in [-0.3, -0.25) is 14.4 Å². The lowest BCUT2D eigenvalue weighted by molar-refractivity contribution is -0.174. The second kappa shape index (κ2) is 6.26. The minimum Gasteiger partial charge on any atom is -0.459 e. The van der Waals surface area contributed by atoms with Crippen molar-refractivity contribution < 1.29 is 19.1 Å². The molecule has 4 heteroatoms. The van der Waals surface area contributed by atoms with E-state index in [0.29, 0.717) is 0 Å². The summed E-state index contributed by atoms with van der Waals surface area (Å²) in [5.41, 5.74) is -1.12. The van der Waals surface area contributed by atoms with Crippen LogP contribution in [0.3, 0.4) is 0 Å². The Morgan fingerprint density at radius 2 is 1.78 bits per heavy atom. The van der Waals surface area contributed by atoms with Gasteiger partial charge in [0.15, 0.2) is 0 Å². The van der Waals surface area contributed by atoms with Crippen molar-refractivity contribution >= 4 is 17.5 Å². The van der Waals surface area contributed by atoms with Crippen LogP contribution in [0, 0.1) is 5.41 Å². The normalized spacial score (nSPS) is 25.0. The van der Waals surface area contributed by atoms with E-state index in [4.69, 9.17) is 4.74 Å². The summed E-state index contributed by atoms with van der Waals surface area (Å²) in [4.78, 5) is 37.4. The molecule has 0 heterocycles.